The van der Waals surface area contributed by atoms with Gasteiger partial charge in [-0.2, -0.15) is 0 Å². The minimum atomic E-state index is -0.265. The Labute approximate surface area is 178 Å². The van der Waals surface area contributed by atoms with Gasteiger partial charge in [-0.3, -0.25) is 4.79 Å². The number of ether oxygens (including phenoxy) is 3. The summed E-state index contributed by atoms with van der Waals surface area (Å²) in [5.41, 5.74) is 2.16. The largest absolute Gasteiger partial charge is 0.490 e. The van der Waals surface area contributed by atoms with Gasteiger partial charge in [0.2, 0.25) is 0 Å². The molecular formula is C23H22BrNO4. The number of nitrogens with one attached hydrogen (secondary N) is 1. The fraction of sp³-hybridized carbons (Fsp3) is 0.174. The van der Waals surface area contributed by atoms with Gasteiger partial charge in [0, 0.05) is 23.3 Å². The molecule has 0 spiro atoms. The van der Waals surface area contributed by atoms with E-state index in [2.05, 4.69) is 21.2 Å². The molecule has 3 rings (SSSR count). The summed E-state index contributed by atoms with van der Waals surface area (Å²) in [6.07, 6.45) is 0. The van der Waals surface area contributed by atoms with E-state index in [1.807, 2.05) is 54.6 Å². The average Bonchev–Trinajstić information content (AvgIpc) is 2.74. The van der Waals surface area contributed by atoms with Crippen molar-refractivity contribution >= 4 is 27.5 Å². The Balaban J connectivity index is 1.68. The normalized spacial score (nSPS) is 10.4. The number of halogens is 1. The number of hydrogen-bond acceptors (Lipinski definition) is 4. The summed E-state index contributed by atoms with van der Waals surface area (Å²) in [6.45, 7) is 1.26. The second kappa shape index (κ2) is 10.6. The maximum Gasteiger partial charge on any atom is 0.259 e. The minimum Gasteiger partial charge on any atom is -0.490 e. The lowest BCUT2D eigenvalue weighted by molar-refractivity contribution is 0.101. The van der Waals surface area contributed by atoms with Crippen LogP contribution in [0.2, 0.25) is 0 Å². The molecular weight excluding hydrogens is 434 g/mol. The van der Waals surface area contributed by atoms with E-state index in [9.17, 15) is 4.79 Å². The molecule has 0 aliphatic carbocycles. The van der Waals surface area contributed by atoms with Crippen LogP contribution in [0.15, 0.2) is 77.3 Å². The molecule has 0 bridgehead atoms. The lowest BCUT2D eigenvalue weighted by Gasteiger charge is -2.13. The van der Waals surface area contributed by atoms with Gasteiger partial charge in [0.05, 0.1) is 12.2 Å². The van der Waals surface area contributed by atoms with E-state index in [1.54, 1.807) is 25.3 Å². The topological polar surface area (TPSA) is 56.8 Å². The van der Waals surface area contributed by atoms with Crippen LogP contribution in [-0.4, -0.2) is 26.2 Å². The van der Waals surface area contributed by atoms with Gasteiger partial charge < -0.3 is 19.5 Å². The first-order valence-corrected chi connectivity index (χ1v) is 9.94. The zero-order valence-corrected chi connectivity index (χ0v) is 17.6. The Morgan fingerprint density at radius 3 is 2.55 bits per heavy atom. The van der Waals surface area contributed by atoms with E-state index in [1.165, 1.54) is 0 Å². The highest BCUT2D eigenvalue weighted by Gasteiger charge is 2.14. The second-order valence-electron chi connectivity index (χ2n) is 6.24. The van der Waals surface area contributed by atoms with Gasteiger partial charge in [-0.05, 0) is 35.9 Å². The summed E-state index contributed by atoms with van der Waals surface area (Å²) in [7, 11) is 1.60. The van der Waals surface area contributed by atoms with Gasteiger partial charge in [0.1, 0.15) is 24.7 Å². The van der Waals surface area contributed by atoms with E-state index in [0.717, 1.165) is 10.0 Å². The van der Waals surface area contributed by atoms with Crippen LogP contribution >= 0.6 is 15.9 Å². The predicted molar refractivity (Wildman–Crippen MR) is 117 cm³/mol. The summed E-state index contributed by atoms with van der Waals surface area (Å²) < 4.78 is 17.3. The molecule has 5 nitrogen and oxygen atoms in total. The Hall–Kier alpha value is -2.83. The van der Waals surface area contributed by atoms with E-state index in [4.69, 9.17) is 14.2 Å². The maximum atomic E-state index is 12.8. The van der Waals surface area contributed by atoms with Crippen molar-refractivity contribution in [2.24, 2.45) is 0 Å². The number of anilines is 1. The van der Waals surface area contributed by atoms with Crippen molar-refractivity contribution in [3.63, 3.8) is 0 Å². The molecule has 1 amide bonds. The summed E-state index contributed by atoms with van der Waals surface area (Å²) >= 11 is 3.41. The molecule has 1 N–H and O–H groups in total. The fourth-order valence-electron chi connectivity index (χ4n) is 2.64. The van der Waals surface area contributed by atoms with Crippen LogP contribution in [-0.2, 0) is 11.3 Å². The summed E-state index contributed by atoms with van der Waals surface area (Å²) in [4.78, 5) is 12.8. The molecule has 0 fully saturated rings. The van der Waals surface area contributed by atoms with Gasteiger partial charge >= 0.3 is 0 Å². The molecule has 0 unspecified atom stereocenters. The number of amides is 1. The van der Waals surface area contributed by atoms with Crippen LogP contribution in [0.5, 0.6) is 11.5 Å². The van der Waals surface area contributed by atoms with Gasteiger partial charge in [-0.1, -0.05) is 52.3 Å². The Morgan fingerprint density at radius 1 is 0.931 bits per heavy atom. The van der Waals surface area contributed by atoms with Gasteiger partial charge in [-0.25, -0.2) is 0 Å². The first-order valence-electron chi connectivity index (χ1n) is 9.15. The minimum absolute atomic E-state index is 0.265. The van der Waals surface area contributed by atoms with E-state index in [-0.39, 0.29) is 5.91 Å². The number of carbonyl (C=O) groups excluding carboxylic acids is 1. The molecule has 0 saturated carbocycles. The zero-order chi connectivity index (χ0) is 20.5. The van der Waals surface area contributed by atoms with Crippen LogP contribution in [0.4, 0.5) is 5.69 Å². The lowest BCUT2D eigenvalue weighted by atomic mass is 10.2. The van der Waals surface area contributed by atoms with Crippen LogP contribution in [0.1, 0.15) is 15.9 Å². The first kappa shape index (κ1) is 20.9. The van der Waals surface area contributed by atoms with Gasteiger partial charge in [0.15, 0.2) is 0 Å². The number of methoxy groups -OCH3 is 1. The standard InChI is InChI=1S/C23H22BrNO4/c1-27-12-13-28-22-11-10-18(24)14-21(22)23(26)25-19-8-5-9-20(15-19)29-16-17-6-3-2-4-7-17/h2-11,14-15H,12-13,16H2,1H3,(H,25,26). The molecule has 0 saturated heterocycles. The highest BCUT2D eigenvalue weighted by molar-refractivity contribution is 9.10. The number of benzene rings is 3. The van der Waals surface area contributed by atoms with Crippen molar-refractivity contribution in [3.8, 4) is 11.5 Å². The van der Waals surface area contributed by atoms with Crippen molar-refractivity contribution in [2.75, 3.05) is 25.6 Å². The predicted octanol–water partition coefficient (Wildman–Crippen LogP) is 5.31. The fourth-order valence-corrected chi connectivity index (χ4v) is 3.00. The summed E-state index contributed by atoms with van der Waals surface area (Å²) in [5, 5.41) is 2.90. The smallest absolute Gasteiger partial charge is 0.259 e. The van der Waals surface area contributed by atoms with E-state index in [0.29, 0.717) is 42.6 Å². The van der Waals surface area contributed by atoms with Crippen molar-refractivity contribution < 1.29 is 19.0 Å². The third-order valence-electron chi connectivity index (χ3n) is 4.07. The molecule has 0 aromatic heterocycles. The van der Waals surface area contributed by atoms with Crippen molar-refractivity contribution in [1.82, 2.24) is 0 Å². The monoisotopic (exact) mass is 455 g/mol. The number of carbonyl (C=O) groups is 1. The molecule has 0 atom stereocenters. The Kier molecular flexibility index (Phi) is 7.67. The Bertz CT molecular complexity index is 947. The number of hydrogen-bond donors (Lipinski definition) is 1. The van der Waals surface area contributed by atoms with Gasteiger partial charge in [0.25, 0.3) is 5.91 Å². The quantitative estimate of drug-likeness (QED) is 0.444. The number of rotatable bonds is 9. The average molecular weight is 456 g/mol. The summed E-state index contributed by atoms with van der Waals surface area (Å²) in [5.74, 6) is 0.913. The third-order valence-corrected chi connectivity index (χ3v) is 4.56. The zero-order valence-electron chi connectivity index (χ0n) is 16.1. The van der Waals surface area contributed by atoms with Crippen molar-refractivity contribution in [1.29, 1.82) is 0 Å². The van der Waals surface area contributed by atoms with Crippen molar-refractivity contribution in [3.05, 3.63) is 88.4 Å². The Morgan fingerprint density at radius 2 is 1.76 bits per heavy atom. The molecule has 6 heteroatoms. The molecule has 0 aliphatic rings. The van der Waals surface area contributed by atoms with E-state index >= 15 is 0 Å². The SMILES string of the molecule is COCCOc1ccc(Br)cc1C(=O)Nc1cccc(OCc2ccccc2)c1. The van der Waals surface area contributed by atoms with Gasteiger partial charge in [-0.15, -0.1) is 0 Å². The van der Waals surface area contributed by atoms with Crippen LogP contribution < -0.4 is 14.8 Å². The molecule has 3 aromatic rings. The van der Waals surface area contributed by atoms with Crippen LogP contribution in [0.25, 0.3) is 0 Å². The van der Waals surface area contributed by atoms with Crippen LogP contribution in [0.3, 0.4) is 0 Å². The van der Waals surface area contributed by atoms with Crippen molar-refractivity contribution in [2.45, 2.75) is 6.61 Å². The molecule has 0 aliphatic heterocycles. The maximum absolute atomic E-state index is 12.8. The molecule has 0 heterocycles. The molecule has 3 aromatic carbocycles. The van der Waals surface area contributed by atoms with Crippen LogP contribution in [0, 0.1) is 0 Å². The second-order valence-corrected chi connectivity index (χ2v) is 7.15. The third kappa shape index (κ3) is 6.34. The van der Waals surface area contributed by atoms with E-state index < -0.39 is 0 Å². The molecule has 150 valence electrons. The highest BCUT2D eigenvalue weighted by Crippen LogP contribution is 2.25. The first-order chi connectivity index (χ1) is 14.2. The lowest BCUT2D eigenvalue weighted by Crippen LogP contribution is -2.15. The molecule has 29 heavy (non-hydrogen) atoms. The summed E-state index contributed by atoms with van der Waals surface area (Å²) in [6, 6.07) is 22.5. The molecule has 0 radical (unpaired) electrons. The highest BCUT2D eigenvalue weighted by atomic mass is 79.9.